The molecule has 0 radical (unpaired) electrons. The number of amides is 1. The number of fused-ring (bicyclic) bond motifs is 1. The number of benzene rings is 1. The SMILES string of the molecule is C[13C](=O)[13CH2][13CH2][13C@H](NC(=O)[13c]1[13cH][13cH][13c](N(C)[13CH2][13CH]2[13CH]=Nc3nc(N)nc(N)c3N2)[13cH][13cH]1)[13C](=O)O. The summed E-state index contributed by atoms with van der Waals surface area (Å²) in [6.45, 7) is 1.91. The highest BCUT2D eigenvalue weighted by Crippen LogP contribution is 2.31. The molecule has 0 saturated heterocycles. The molecule has 0 aliphatic carbocycles. The lowest BCUT2D eigenvalue weighted by molar-refractivity contribution is -0.139. The number of carboxylic acid groups (broad SMARTS) is 1. The van der Waals surface area contributed by atoms with E-state index >= 15 is 0 Å². The Morgan fingerprint density at radius 3 is 2.55 bits per heavy atom. The van der Waals surface area contributed by atoms with Crippen molar-refractivity contribution < 1.29 is 19.5 Å². The molecule has 0 spiro atoms. The first-order valence-corrected chi connectivity index (χ1v) is 10.2. The molecule has 1 aliphatic rings. The van der Waals surface area contributed by atoms with Crippen LogP contribution in [0.25, 0.3) is 0 Å². The highest BCUT2D eigenvalue weighted by Gasteiger charge is 2.22. The van der Waals surface area contributed by atoms with Gasteiger partial charge in [0.15, 0.2) is 11.6 Å². The van der Waals surface area contributed by atoms with Crippen LogP contribution in [0.15, 0.2) is 29.3 Å². The molecule has 1 amide bonds. The van der Waals surface area contributed by atoms with E-state index in [1.807, 2.05) is 11.9 Å². The fraction of sp³-hybridized carbons (Fsp3) is 0.333. The highest BCUT2D eigenvalue weighted by atomic mass is 16.5. The monoisotopic (exact) mass is 468 g/mol. The molecule has 7 N–H and O–H groups in total. The van der Waals surface area contributed by atoms with Crippen LogP contribution in [0.2, 0.25) is 0 Å². The molecule has 12 heteroatoms. The molecule has 2 aromatic rings. The van der Waals surface area contributed by atoms with Gasteiger partial charge in [0, 0.05) is 37.5 Å². The van der Waals surface area contributed by atoms with Gasteiger partial charge in [0.05, 0.1) is 6.04 Å². The largest absolute Gasteiger partial charge is 0.480 e. The Balaban J connectivity index is 1.61. The Bertz CT molecular complexity index is 1090. The van der Waals surface area contributed by atoms with Gasteiger partial charge in [-0.1, -0.05) is 0 Å². The molecule has 1 unspecified atom stereocenters. The van der Waals surface area contributed by atoms with Crippen molar-refractivity contribution in [1.82, 2.24) is 15.3 Å². The van der Waals surface area contributed by atoms with Crippen molar-refractivity contribution in [1.29, 1.82) is 0 Å². The van der Waals surface area contributed by atoms with Gasteiger partial charge >= 0.3 is 5.97 Å². The Hall–Kier alpha value is -4.22. The lowest BCUT2D eigenvalue weighted by Gasteiger charge is -2.27. The summed E-state index contributed by atoms with van der Waals surface area (Å²) in [6, 6.07) is 5.43. The molecule has 2 heterocycles. The summed E-state index contributed by atoms with van der Waals surface area (Å²) in [5, 5.41) is 15.0. The normalized spacial score (nSPS) is 15.2. The number of hydrogen-bond donors (Lipinski definition) is 5. The maximum atomic E-state index is 12.4. The summed E-state index contributed by atoms with van der Waals surface area (Å²) in [7, 11) is 1.88. The number of hydrogen-bond acceptors (Lipinski definition) is 10. The zero-order chi connectivity index (χ0) is 24.1. The van der Waals surface area contributed by atoms with Crippen LogP contribution in [0.3, 0.4) is 0 Å². The van der Waals surface area contributed by atoms with E-state index < -0.39 is 17.9 Å². The van der Waals surface area contributed by atoms with E-state index in [0.29, 0.717) is 23.6 Å². The fourth-order valence-electron chi connectivity index (χ4n) is 3.31. The Kier molecular flexibility index (Phi) is 7.06. The maximum Gasteiger partial charge on any atom is 0.326 e. The minimum absolute atomic E-state index is 0.0401. The Labute approximate surface area is 190 Å². The Morgan fingerprint density at radius 1 is 1.21 bits per heavy atom. The van der Waals surface area contributed by atoms with Crippen molar-refractivity contribution in [2.24, 2.45) is 4.99 Å². The molecular weight excluding hydrogens is 442 g/mol. The van der Waals surface area contributed by atoms with E-state index in [1.165, 1.54) is 6.92 Å². The molecular formula is C21H26N8O4. The number of anilines is 4. The quantitative estimate of drug-likeness (QED) is 0.330. The second kappa shape index (κ2) is 9.94. The first kappa shape index (κ1) is 23.4. The second-order valence-corrected chi connectivity index (χ2v) is 7.73. The van der Waals surface area contributed by atoms with Crippen molar-refractivity contribution in [3.05, 3.63) is 29.8 Å². The maximum absolute atomic E-state index is 12.4. The molecule has 3 rings (SSSR count). The predicted octanol–water partition coefficient (Wildman–Crippen LogP) is 0.826. The van der Waals surface area contributed by atoms with E-state index in [9.17, 15) is 19.5 Å². The van der Waals surface area contributed by atoms with Crippen molar-refractivity contribution >= 4 is 52.8 Å². The fourth-order valence-corrected chi connectivity index (χ4v) is 3.31. The third-order valence-electron chi connectivity index (χ3n) is 5.07. The molecule has 33 heavy (non-hydrogen) atoms. The number of aromatic nitrogens is 2. The number of likely N-dealkylation sites (N-methyl/N-ethyl adjacent to an activating group) is 1. The van der Waals surface area contributed by atoms with Crippen LogP contribution >= 0.6 is 0 Å². The molecule has 0 bridgehead atoms. The third-order valence-corrected chi connectivity index (χ3v) is 5.07. The minimum Gasteiger partial charge on any atom is -0.480 e. The summed E-state index contributed by atoms with van der Waals surface area (Å²) in [4.78, 5) is 49.2. The summed E-state index contributed by atoms with van der Waals surface area (Å²) < 4.78 is 0. The van der Waals surface area contributed by atoms with E-state index in [1.54, 1.807) is 30.5 Å². The predicted molar refractivity (Wildman–Crippen MR) is 125 cm³/mol. The first-order valence-electron chi connectivity index (χ1n) is 10.2. The number of nitrogens with zero attached hydrogens (tertiary/aromatic N) is 4. The van der Waals surface area contributed by atoms with Gasteiger partial charge in [-0.05, 0) is 37.6 Å². The number of Topliss-reactive ketones (excluding diaryl/α,β-unsaturated/α-hetero) is 1. The number of aliphatic imine (C=N–C) groups is 1. The lowest BCUT2D eigenvalue weighted by Crippen LogP contribution is -2.41. The zero-order valence-corrected chi connectivity index (χ0v) is 18.3. The Morgan fingerprint density at radius 2 is 1.91 bits per heavy atom. The number of carbonyl (C=O) groups excluding carboxylic acids is 2. The molecule has 12 nitrogen and oxygen atoms in total. The van der Waals surface area contributed by atoms with Crippen LogP contribution in [0, 0.1) is 0 Å². The molecule has 1 aromatic carbocycles. The molecule has 0 fully saturated rings. The second-order valence-electron chi connectivity index (χ2n) is 7.73. The van der Waals surface area contributed by atoms with Crippen LogP contribution in [0.4, 0.5) is 29.0 Å². The van der Waals surface area contributed by atoms with Crippen molar-refractivity contribution in [3.63, 3.8) is 0 Å². The van der Waals surface area contributed by atoms with E-state index in [-0.39, 0.29) is 36.4 Å². The number of carbonyl (C=O) groups is 3. The number of carboxylic acids is 1. The van der Waals surface area contributed by atoms with Crippen molar-refractivity contribution in [3.8, 4) is 0 Å². The highest BCUT2D eigenvalue weighted by molar-refractivity contribution is 5.97. The van der Waals surface area contributed by atoms with Crippen LogP contribution in [-0.4, -0.2) is 64.6 Å². The van der Waals surface area contributed by atoms with E-state index in [2.05, 4.69) is 25.6 Å². The summed E-state index contributed by atoms with van der Waals surface area (Å²) in [6.07, 6.45) is 1.83. The molecule has 2 atom stereocenters. The van der Waals surface area contributed by atoms with E-state index in [0.717, 1.165) is 5.69 Å². The van der Waals surface area contributed by atoms with Gasteiger partial charge in [-0.15, -0.1) is 0 Å². The number of nitrogens with two attached hydrogens (primary N) is 2. The molecule has 0 saturated carbocycles. The standard InChI is InChI=1S/C21H26N8O4/c1-11(30)3-8-15(20(32)33)26-19(31)12-4-6-14(7-5-12)29(2)10-13-9-24-18-16(25-13)17(22)27-21(23)28-18/h4-7,9,13,15,25H,3,8,10H2,1-2H3,(H,26,31)(H,32,33)(H4,22,23,27,28)/t13?,15-/m0/s1/i3+1,4+1,5+1,6+1,7+1,8+1,9+1,10+1,11+1,12+1,13+1,14+1,15+1,20+1. The number of aliphatic carboxylic acids is 1. The zero-order valence-electron chi connectivity index (χ0n) is 18.3. The lowest BCUT2D eigenvalue weighted by atomic mass is 10.4. The van der Waals surface area contributed by atoms with Crippen LogP contribution < -0.4 is 27.0 Å². The van der Waals surface area contributed by atoms with Crippen molar-refractivity contribution in [2.75, 3.05) is 35.3 Å². The van der Waals surface area contributed by atoms with Gasteiger partial charge in [-0.3, -0.25) is 4.79 Å². The first-order chi connectivity index (χ1) is 15.6. The number of nitrogens with one attached hydrogen (secondary N) is 2. The number of rotatable bonds is 9. The van der Waals surface area contributed by atoms with Gasteiger partial charge in [0.2, 0.25) is 5.95 Å². The number of nitrogen functional groups attached to an aromatic ring is 2. The summed E-state index contributed by atoms with van der Waals surface area (Å²) in [5.41, 5.74) is 13.2. The molecule has 174 valence electrons. The van der Waals surface area contributed by atoms with Gasteiger partial charge in [-0.25, -0.2) is 9.79 Å². The van der Waals surface area contributed by atoms with Crippen LogP contribution in [0.5, 0.6) is 0 Å². The molecule has 1 aromatic heterocycles. The summed E-state index contributed by atoms with van der Waals surface area (Å²) >= 11 is 0. The van der Waals surface area contributed by atoms with Gasteiger partial charge < -0.3 is 36.9 Å². The van der Waals surface area contributed by atoms with Crippen molar-refractivity contribution in [2.45, 2.75) is 31.8 Å². The number of ketones is 1. The minimum atomic E-state index is -1.18. The smallest absolute Gasteiger partial charge is 0.326 e. The van der Waals surface area contributed by atoms with Gasteiger partial charge in [0.25, 0.3) is 5.91 Å². The summed E-state index contributed by atoms with van der Waals surface area (Å²) in [5.74, 6) is -1.18. The van der Waals surface area contributed by atoms with Gasteiger partial charge in [0.1, 0.15) is 17.5 Å². The van der Waals surface area contributed by atoms with E-state index in [4.69, 9.17) is 11.5 Å². The topological polar surface area (TPSA) is 189 Å². The van der Waals surface area contributed by atoms with Crippen LogP contribution in [0.1, 0.15) is 30.1 Å². The molecule has 1 aliphatic heterocycles. The third kappa shape index (κ3) is 5.93. The average molecular weight is 468 g/mol. The average Bonchev–Trinajstić information content (AvgIpc) is 2.76. The van der Waals surface area contributed by atoms with Gasteiger partial charge in [-0.2, -0.15) is 9.97 Å². The van der Waals surface area contributed by atoms with Crippen LogP contribution in [-0.2, 0) is 9.59 Å².